The van der Waals surface area contributed by atoms with E-state index in [0.717, 1.165) is 5.56 Å². The summed E-state index contributed by atoms with van der Waals surface area (Å²) in [4.78, 5) is 12.1. The van der Waals surface area contributed by atoms with Crippen LogP contribution in [0.2, 0.25) is 0 Å². The number of hydrogen-bond acceptors (Lipinski definition) is 4. The molecule has 0 aromatic heterocycles. The van der Waals surface area contributed by atoms with Crippen LogP contribution in [0.15, 0.2) is 48.5 Å². The first-order valence-corrected chi connectivity index (χ1v) is 8.09. The molecule has 0 spiro atoms. The fraction of sp³-hybridized carbons (Fsp3) is 0.286. The first-order chi connectivity index (χ1) is 12.5. The number of benzene rings is 2. The van der Waals surface area contributed by atoms with Gasteiger partial charge in [0.25, 0.3) is 0 Å². The molecular formula is C21H25FO4. The summed E-state index contributed by atoms with van der Waals surface area (Å²) in [6, 6.07) is 11.8. The Hall–Kier alpha value is -2.66. The predicted molar refractivity (Wildman–Crippen MR) is 101 cm³/mol. The topological polar surface area (TPSA) is 44.8 Å². The van der Waals surface area contributed by atoms with Gasteiger partial charge >= 0.3 is 0 Å². The van der Waals surface area contributed by atoms with Crippen molar-refractivity contribution in [3.63, 3.8) is 0 Å². The standard InChI is InChI=1S/C19H19FO3.C2H6O/c1-22-17-11-10-15(19(13-17)23-2)12-16(21)8-5-7-14-6-3-4-9-18(14)20;1-3-2/h3-7,9-11,13H,8,12H2,1-2H3;1-2H3/b7-5+;. The number of ketones is 1. The molecule has 0 aliphatic rings. The van der Waals surface area contributed by atoms with Gasteiger partial charge in [0, 0.05) is 44.3 Å². The van der Waals surface area contributed by atoms with E-state index in [4.69, 9.17) is 9.47 Å². The van der Waals surface area contributed by atoms with E-state index in [2.05, 4.69) is 4.74 Å². The molecule has 26 heavy (non-hydrogen) atoms. The smallest absolute Gasteiger partial charge is 0.141 e. The molecule has 0 atom stereocenters. The summed E-state index contributed by atoms with van der Waals surface area (Å²) in [5.74, 6) is 1.03. The average Bonchev–Trinajstić information content (AvgIpc) is 2.64. The quantitative estimate of drug-likeness (QED) is 0.738. The molecule has 0 saturated carbocycles. The molecule has 0 heterocycles. The van der Waals surface area contributed by atoms with Crippen molar-refractivity contribution in [1.29, 1.82) is 0 Å². The van der Waals surface area contributed by atoms with Crippen LogP contribution in [-0.2, 0) is 16.0 Å². The first-order valence-electron chi connectivity index (χ1n) is 8.09. The van der Waals surface area contributed by atoms with Gasteiger partial charge in [-0.3, -0.25) is 4.79 Å². The molecule has 2 rings (SSSR count). The molecule has 140 valence electrons. The van der Waals surface area contributed by atoms with Crippen molar-refractivity contribution < 1.29 is 23.4 Å². The van der Waals surface area contributed by atoms with Crippen LogP contribution in [-0.4, -0.2) is 34.2 Å². The van der Waals surface area contributed by atoms with Gasteiger partial charge in [-0.1, -0.05) is 36.4 Å². The van der Waals surface area contributed by atoms with Crippen LogP contribution < -0.4 is 9.47 Å². The zero-order valence-corrected chi connectivity index (χ0v) is 15.6. The Kier molecular flexibility index (Phi) is 9.72. The van der Waals surface area contributed by atoms with Crippen molar-refractivity contribution in [3.8, 4) is 11.5 Å². The van der Waals surface area contributed by atoms with E-state index in [1.165, 1.54) is 6.07 Å². The highest BCUT2D eigenvalue weighted by atomic mass is 19.1. The van der Waals surface area contributed by atoms with Crippen LogP contribution in [0.4, 0.5) is 4.39 Å². The van der Waals surface area contributed by atoms with E-state index >= 15 is 0 Å². The third-order valence-corrected chi connectivity index (χ3v) is 3.43. The lowest BCUT2D eigenvalue weighted by Crippen LogP contribution is -2.03. The fourth-order valence-corrected chi connectivity index (χ4v) is 2.21. The highest BCUT2D eigenvalue weighted by Crippen LogP contribution is 2.25. The molecule has 4 nitrogen and oxygen atoms in total. The minimum Gasteiger partial charge on any atom is -0.497 e. The molecule has 0 amide bonds. The van der Waals surface area contributed by atoms with Crippen LogP contribution in [0, 0.1) is 5.82 Å². The van der Waals surface area contributed by atoms with Gasteiger partial charge < -0.3 is 14.2 Å². The lowest BCUT2D eigenvalue weighted by molar-refractivity contribution is -0.117. The molecule has 0 aliphatic carbocycles. The highest BCUT2D eigenvalue weighted by Gasteiger charge is 2.09. The molecule has 0 fully saturated rings. The van der Waals surface area contributed by atoms with Gasteiger partial charge in [-0.15, -0.1) is 0 Å². The molecule has 0 N–H and O–H groups in total. The maximum Gasteiger partial charge on any atom is 0.141 e. The monoisotopic (exact) mass is 360 g/mol. The third kappa shape index (κ3) is 7.07. The minimum atomic E-state index is -0.298. The lowest BCUT2D eigenvalue weighted by Gasteiger charge is -2.09. The molecular weight excluding hydrogens is 335 g/mol. The summed E-state index contributed by atoms with van der Waals surface area (Å²) in [6.45, 7) is 0. The van der Waals surface area contributed by atoms with Crippen molar-refractivity contribution >= 4 is 11.9 Å². The summed E-state index contributed by atoms with van der Waals surface area (Å²) < 4.78 is 28.1. The van der Waals surface area contributed by atoms with Crippen LogP contribution >= 0.6 is 0 Å². The number of Topliss-reactive ketones (excluding diaryl/α,β-unsaturated/α-hetero) is 1. The van der Waals surface area contributed by atoms with Gasteiger partial charge in [-0.2, -0.15) is 0 Å². The molecule has 0 radical (unpaired) electrons. The molecule has 0 saturated heterocycles. The second-order valence-electron chi connectivity index (χ2n) is 5.43. The van der Waals surface area contributed by atoms with Gasteiger partial charge in [0.15, 0.2) is 0 Å². The molecule has 0 aliphatic heterocycles. The number of hydrogen-bond donors (Lipinski definition) is 0. The number of carbonyl (C=O) groups is 1. The average molecular weight is 360 g/mol. The van der Waals surface area contributed by atoms with E-state index in [-0.39, 0.29) is 24.4 Å². The Labute approximate surface area is 154 Å². The summed E-state index contributed by atoms with van der Waals surface area (Å²) in [6.07, 6.45) is 3.80. The zero-order valence-electron chi connectivity index (χ0n) is 15.6. The molecule has 5 heteroatoms. The van der Waals surface area contributed by atoms with Gasteiger partial charge in [0.1, 0.15) is 23.1 Å². The summed E-state index contributed by atoms with van der Waals surface area (Å²) in [7, 11) is 6.38. The van der Waals surface area contributed by atoms with E-state index in [9.17, 15) is 9.18 Å². The van der Waals surface area contributed by atoms with Crippen LogP contribution in [0.3, 0.4) is 0 Å². The second-order valence-corrected chi connectivity index (χ2v) is 5.43. The van der Waals surface area contributed by atoms with E-state index in [0.29, 0.717) is 17.1 Å². The van der Waals surface area contributed by atoms with Crippen molar-refractivity contribution in [3.05, 3.63) is 65.5 Å². The van der Waals surface area contributed by atoms with Gasteiger partial charge in [0.2, 0.25) is 0 Å². The number of carbonyl (C=O) groups excluding carboxylic acids is 1. The highest BCUT2D eigenvalue weighted by molar-refractivity contribution is 5.83. The van der Waals surface area contributed by atoms with Crippen molar-refractivity contribution in [2.45, 2.75) is 12.8 Å². The fourth-order valence-electron chi connectivity index (χ4n) is 2.21. The Morgan fingerprint density at radius 1 is 1.04 bits per heavy atom. The summed E-state index contributed by atoms with van der Waals surface area (Å²) in [5.41, 5.74) is 1.28. The second kappa shape index (κ2) is 11.8. The van der Waals surface area contributed by atoms with Crippen molar-refractivity contribution in [2.24, 2.45) is 0 Å². The minimum absolute atomic E-state index is 0.0288. The van der Waals surface area contributed by atoms with E-state index in [1.54, 1.807) is 70.9 Å². The van der Waals surface area contributed by atoms with Gasteiger partial charge in [-0.05, 0) is 12.1 Å². The Morgan fingerprint density at radius 2 is 1.73 bits per heavy atom. The molecule has 2 aromatic carbocycles. The van der Waals surface area contributed by atoms with Crippen LogP contribution in [0.5, 0.6) is 11.5 Å². The Balaban J connectivity index is 0.00000105. The van der Waals surface area contributed by atoms with Gasteiger partial charge in [0.05, 0.1) is 14.2 Å². The molecule has 0 bridgehead atoms. The van der Waals surface area contributed by atoms with E-state index in [1.807, 2.05) is 6.07 Å². The predicted octanol–water partition coefficient (Wildman–Crippen LogP) is 4.32. The largest absolute Gasteiger partial charge is 0.497 e. The van der Waals surface area contributed by atoms with Crippen LogP contribution in [0.25, 0.3) is 6.08 Å². The molecule has 0 unspecified atom stereocenters. The number of allylic oxidation sites excluding steroid dienone is 1. The van der Waals surface area contributed by atoms with Crippen LogP contribution in [0.1, 0.15) is 17.5 Å². The van der Waals surface area contributed by atoms with E-state index < -0.39 is 0 Å². The van der Waals surface area contributed by atoms with Gasteiger partial charge in [-0.25, -0.2) is 4.39 Å². The lowest BCUT2D eigenvalue weighted by atomic mass is 10.0. The third-order valence-electron chi connectivity index (χ3n) is 3.43. The summed E-state index contributed by atoms with van der Waals surface area (Å²) >= 11 is 0. The number of ether oxygens (including phenoxy) is 3. The SMILES string of the molecule is COC.COc1ccc(CC(=O)C/C=C/c2ccccc2F)c(OC)c1. The van der Waals surface area contributed by atoms with Crippen molar-refractivity contribution in [1.82, 2.24) is 0 Å². The number of halogens is 1. The number of rotatable bonds is 7. The Bertz CT molecular complexity index is 726. The Morgan fingerprint density at radius 3 is 2.35 bits per heavy atom. The maximum atomic E-state index is 13.5. The first kappa shape index (κ1) is 21.4. The zero-order chi connectivity index (χ0) is 19.4. The molecule has 2 aromatic rings. The maximum absolute atomic E-state index is 13.5. The number of methoxy groups -OCH3 is 3. The summed E-state index contributed by atoms with van der Waals surface area (Å²) in [5, 5.41) is 0. The normalized spacial score (nSPS) is 10.2. The van der Waals surface area contributed by atoms with Crippen molar-refractivity contribution in [2.75, 3.05) is 28.4 Å².